The highest BCUT2D eigenvalue weighted by molar-refractivity contribution is 5.89. The molecule has 1 fully saturated rings. The fourth-order valence-corrected chi connectivity index (χ4v) is 2.17. The minimum Gasteiger partial charge on any atom is -0.319 e. The van der Waals surface area contributed by atoms with Gasteiger partial charge < -0.3 is 5.73 Å². The van der Waals surface area contributed by atoms with Crippen LogP contribution in [-0.4, -0.2) is 26.1 Å². The lowest BCUT2D eigenvalue weighted by Gasteiger charge is -2.22. The van der Waals surface area contributed by atoms with Crippen molar-refractivity contribution < 1.29 is 4.79 Å². The SMILES string of the molecule is CC(C)Cn1ncnc1CC(=O)C(C)(N)C1CC1. The topological polar surface area (TPSA) is 73.8 Å². The first kappa shape index (κ1) is 13.2. The maximum Gasteiger partial charge on any atom is 0.160 e. The molecule has 1 aromatic heterocycles. The van der Waals surface area contributed by atoms with E-state index in [0.29, 0.717) is 11.8 Å². The molecule has 5 nitrogen and oxygen atoms in total. The first-order chi connectivity index (χ1) is 8.41. The normalized spacial score (nSPS) is 18.9. The highest BCUT2D eigenvalue weighted by Gasteiger charge is 2.43. The minimum absolute atomic E-state index is 0.0722. The molecular weight excluding hydrogens is 228 g/mol. The van der Waals surface area contributed by atoms with Gasteiger partial charge in [-0.1, -0.05) is 13.8 Å². The van der Waals surface area contributed by atoms with E-state index in [2.05, 4.69) is 23.9 Å². The smallest absolute Gasteiger partial charge is 0.160 e. The minimum atomic E-state index is -0.700. The summed E-state index contributed by atoms with van der Waals surface area (Å²) in [5.41, 5.74) is 5.43. The molecule has 1 heterocycles. The molecule has 0 bridgehead atoms. The Morgan fingerprint density at radius 2 is 2.28 bits per heavy atom. The van der Waals surface area contributed by atoms with Gasteiger partial charge in [-0.25, -0.2) is 9.67 Å². The molecular formula is C13H22N4O. The average Bonchev–Trinajstić information content (AvgIpc) is 3.04. The predicted molar refractivity (Wildman–Crippen MR) is 68.9 cm³/mol. The molecule has 0 aliphatic heterocycles. The molecule has 1 aliphatic rings. The number of carbonyl (C=O) groups excluding carboxylic acids is 1. The van der Waals surface area contributed by atoms with Crippen LogP contribution in [0.3, 0.4) is 0 Å². The maximum absolute atomic E-state index is 12.2. The number of nitrogens with zero attached hydrogens (tertiary/aromatic N) is 3. The van der Waals surface area contributed by atoms with E-state index in [9.17, 15) is 4.79 Å². The van der Waals surface area contributed by atoms with Gasteiger partial charge in [0.05, 0.1) is 12.0 Å². The van der Waals surface area contributed by atoms with Crippen LogP contribution in [0, 0.1) is 11.8 Å². The van der Waals surface area contributed by atoms with Crippen molar-refractivity contribution in [1.82, 2.24) is 14.8 Å². The molecule has 0 radical (unpaired) electrons. The van der Waals surface area contributed by atoms with Crippen LogP contribution in [0.1, 0.15) is 39.4 Å². The number of Topliss-reactive ketones (excluding diaryl/α,β-unsaturated/α-hetero) is 1. The van der Waals surface area contributed by atoms with E-state index >= 15 is 0 Å². The lowest BCUT2D eigenvalue weighted by Crippen LogP contribution is -2.48. The number of hydrogen-bond acceptors (Lipinski definition) is 4. The lowest BCUT2D eigenvalue weighted by atomic mass is 9.90. The second-order valence-corrected chi connectivity index (χ2v) is 5.91. The van der Waals surface area contributed by atoms with Crippen LogP contribution >= 0.6 is 0 Å². The number of ketones is 1. The number of hydrogen-bond donors (Lipinski definition) is 1. The Bertz CT molecular complexity index is 432. The van der Waals surface area contributed by atoms with Crippen molar-refractivity contribution in [3.63, 3.8) is 0 Å². The van der Waals surface area contributed by atoms with Gasteiger partial charge in [-0.2, -0.15) is 5.10 Å². The van der Waals surface area contributed by atoms with E-state index in [1.54, 1.807) is 0 Å². The lowest BCUT2D eigenvalue weighted by molar-refractivity contribution is -0.123. The fourth-order valence-electron chi connectivity index (χ4n) is 2.17. The summed E-state index contributed by atoms with van der Waals surface area (Å²) in [6.07, 6.45) is 3.93. The monoisotopic (exact) mass is 250 g/mol. The van der Waals surface area contributed by atoms with Gasteiger partial charge in [0.2, 0.25) is 0 Å². The Labute approximate surface area is 108 Å². The van der Waals surface area contributed by atoms with Gasteiger partial charge in [0, 0.05) is 6.54 Å². The molecule has 18 heavy (non-hydrogen) atoms. The molecule has 1 unspecified atom stereocenters. The molecule has 1 aromatic rings. The van der Waals surface area contributed by atoms with E-state index in [1.165, 1.54) is 6.33 Å². The van der Waals surface area contributed by atoms with E-state index in [0.717, 1.165) is 25.2 Å². The standard InChI is InChI=1S/C13H22N4O/c1-9(2)7-17-12(15-8-16-17)6-11(18)13(3,14)10-4-5-10/h8-10H,4-7,14H2,1-3H3. The van der Waals surface area contributed by atoms with Crippen LogP contribution in [0.2, 0.25) is 0 Å². The Morgan fingerprint density at radius 3 is 2.83 bits per heavy atom. The number of carbonyl (C=O) groups is 1. The van der Waals surface area contributed by atoms with Crippen molar-refractivity contribution >= 4 is 5.78 Å². The molecule has 2 N–H and O–H groups in total. The van der Waals surface area contributed by atoms with E-state index in [-0.39, 0.29) is 12.2 Å². The van der Waals surface area contributed by atoms with Crippen molar-refractivity contribution in [2.75, 3.05) is 0 Å². The Kier molecular flexibility index (Phi) is 3.52. The number of aromatic nitrogens is 3. The van der Waals surface area contributed by atoms with Crippen LogP contribution in [0.4, 0.5) is 0 Å². The van der Waals surface area contributed by atoms with Gasteiger partial charge in [0.25, 0.3) is 0 Å². The molecule has 0 aromatic carbocycles. The van der Waals surface area contributed by atoms with Crippen molar-refractivity contribution in [3.8, 4) is 0 Å². The summed E-state index contributed by atoms with van der Waals surface area (Å²) in [6, 6.07) is 0. The summed E-state index contributed by atoms with van der Waals surface area (Å²) in [6.45, 7) is 6.86. The fraction of sp³-hybridized carbons (Fsp3) is 0.769. The molecule has 0 amide bonds. The zero-order chi connectivity index (χ0) is 13.3. The van der Waals surface area contributed by atoms with Gasteiger partial charge in [-0.3, -0.25) is 4.79 Å². The molecule has 0 saturated heterocycles. The molecule has 1 atom stereocenters. The second kappa shape index (κ2) is 4.80. The largest absolute Gasteiger partial charge is 0.319 e. The van der Waals surface area contributed by atoms with Crippen LogP contribution in [0.15, 0.2) is 6.33 Å². The third-order valence-electron chi connectivity index (χ3n) is 3.58. The van der Waals surface area contributed by atoms with Crippen molar-refractivity contribution in [2.24, 2.45) is 17.6 Å². The molecule has 0 spiro atoms. The second-order valence-electron chi connectivity index (χ2n) is 5.91. The van der Waals surface area contributed by atoms with E-state index < -0.39 is 5.54 Å². The summed E-state index contributed by atoms with van der Waals surface area (Å²) in [5, 5.41) is 4.16. The zero-order valence-corrected chi connectivity index (χ0v) is 11.4. The molecule has 5 heteroatoms. The average molecular weight is 250 g/mol. The molecule has 2 rings (SSSR count). The first-order valence-corrected chi connectivity index (χ1v) is 6.60. The Balaban J connectivity index is 2.05. The quantitative estimate of drug-likeness (QED) is 0.822. The molecule has 1 saturated carbocycles. The first-order valence-electron chi connectivity index (χ1n) is 6.60. The van der Waals surface area contributed by atoms with Crippen LogP contribution in [0.5, 0.6) is 0 Å². The number of rotatable bonds is 6. The van der Waals surface area contributed by atoms with Crippen LogP contribution < -0.4 is 5.73 Å². The molecule has 100 valence electrons. The van der Waals surface area contributed by atoms with Crippen molar-refractivity contribution in [3.05, 3.63) is 12.2 Å². The summed E-state index contributed by atoms with van der Waals surface area (Å²) in [5.74, 6) is 1.63. The number of nitrogens with two attached hydrogens (primary N) is 1. The van der Waals surface area contributed by atoms with Crippen LogP contribution in [-0.2, 0) is 17.8 Å². The Morgan fingerprint density at radius 1 is 1.61 bits per heavy atom. The maximum atomic E-state index is 12.2. The third kappa shape index (κ3) is 2.77. The van der Waals surface area contributed by atoms with E-state index in [1.807, 2.05) is 11.6 Å². The van der Waals surface area contributed by atoms with Gasteiger partial charge in [-0.05, 0) is 31.6 Å². The van der Waals surface area contributed by atoms with E-state index in [4.69, 9.17) is 5.73 Å². The van der Waals surface area contributed by atoms with Crippen molar-refractivity contribution in [1.29, 1.82) is 0 Å². The summed E-state index contributed by atoms with van der Waals surface area (Å²) < 4.78 is 1.81. The van der Waals surface area contributed by atoms with Crippen LogP contribution in [0.25, 0.3) is 0 Å². The summed E-state index contributed by atoms with van der Waals surface area (Å²) >= 11 is 0. The summed E-state index contributed by atoms with van der Waals surface area (Å²) in [4.78, 5) is 16.4. The third-order valence-corrected chi connectivity index (χ3v) is 3.58. The van der Waals surface area contributed by atoms with Gasteiger partial charge >= 0.3 is 0 Å². The predicted octanol–water partition coefficient (Wildman–Crippen LogP) is 1.17. The van der Waals surface area contributed by atoms with Gasteiger partial charge in [-0.15, -0.1) is 0 Å². The van der Waals surface area contributed by atoms with Gasteiger partial charge in [0.15, 0.2) is 5.78 Å². The van der Waals surface area contributed by atoms with Crippen molar-refractivity contribution in [2.45, 2.75) is 52.1 Å². The van der Waals surface area contributed by atoms with Gasteiger partial charge in [0.1, 0.15) is 12.2 Å². The highest BCUT2D eigenvalue weighted by atomic mass is 16.1. The molecule has 1 aliphatic carbocycles. The zero-order valence-electron chi connectivity index (χ0n) is 11.4. The Hall–Kier alpha value is -1.23. The summed E-state index contributed by atoms with van der Waals surface area (Å²) in [7, 11) is 0. The highest BCUT2D eigenvalue weighted by Crippen LogP contribution is 2.38.